The molecule has 0 heterocycles. The summed E-state index contributed by atoms with van der Waals surface area (Å²) >= 11 is 0. The number of hydrogen-bond acceptors (Lipinski definition) is 4. The number of rotatable bonds is 6. The number of nitrogens with two attached hydrogens (primary N) is 1. The minimum atomic E-state index is -4.82. The second-order valence-corrected chi connectivity index (χ2v) is 5.33. The van der Waals surface area contributed by atoms with Gasteiger partial charge in [0.25, 0.3) is 0 Å². The third kappa shape index (κ3) is 5.81. The fourth-order valence-electron chi connectivity index (χ4n) is 1.89. The number of aromatic hydroxyl groups is 1. The SMILES string of the molecule is CC(C)CC[C@H](O)[C@H](N)c1cc(OC(F)(F)F)ccc1O. The van der Waals surface area contributed by atoms with Crippen molar-refractivity contribution in [2.75, 3.05) is 0 Å². The van der Waals surface area contributed by atoms with E-state index in [1.165, 1.54) is 0 Å². The Bertz CT molecular complexity index is 463. The fraction of sp³-hybridized carbons (Fsp3) is 0.571. The molecule has 0 bridgehead atoms. The van der Waals surface area contributed by atoms with Crippen molar-refractivity contribution in [1.29, 1.82) is 0 Å². The number of phenols is 1. The first-order valence-corrected chi connectivity index (χ1v) is 6.62. The van der Waals surface area contributed by atoms with Crippen LogP contribution in [0.2, 0.25) is 0 Å². The van der Waals surface area contributed by atoms with Crippen molar-refractivity contribution in [3.05, 3.63) is 23.8 Å². The zero-order valence-electron chi connectivity index (χ0n) is 11.9. The van der Waals surface area contributed by atoms with Crippen molar-refractivity contribution in [2.45, 2.75) is 45.2 Å². The Morgan fingerprint density at radius 1 is 1.24 bits per heavy atom. The van der Waals surface area contributed by atoms with E-state index in [4.69, 9.17) is 5.73 Å². The van der Waals surface area contributed by atoms with Crippen molar-refractivity contribution in [3.8, 4) is 11.5 Å². The number of phenolic OH excluding ortho intramolecular Hbond substituents is 1. The Kier molecular flexibility index (Phi) is 5.86. The third-order valence-corrected chi connectivity index (χ3v) is 3.05. The Balaban J connectivity index is 2.87. The Morgan fingerprint density at radius 2 is 1.86 bits per heavy atom. The van der Waals surface area contributed by atoms with E-state index >= 15 is 0 Å². The Morgan fingerprint density at radius 3 is 2.38 bits per heavy atom. The first-order valence-electron chi connectivity index (χ1n) is 6.62. The molecule has 0 aliphatic carbocycles. The predicted octanol–water partition coefficient (Wildman–Crippen LogP) is 3.09. The molecule has 0 amide bonds. The van der Waals surface area contributed by atoms with Crippen LogP contribution in [-0.2, 0) is 0 Å². The summed E-state index contributed by atoms with van der Waals surface area (Å²) in [6, 6.07) is 2.05. The quantitative estimate of drug-likeness (QED) is 0.755. The van der Waals surface area contributed by atoms with Crippen molar-refractivity contribution in [3.63, 3.8) is 0 Å². The van der Waals surface area contributed by atoms with E-state index in [1.54, 1.807) is 0 Å². The maximum absolute atomic E-state index is 12.2. The van der Waals surface area contributed by atoms with Crippen LogP contribution in [0.15, 0.2) is 18.2 Å². The summed E-state index contributed by atoms with van der Waals surface area (Å²) in [4.78, 5) is 0. The van der Waals surface area contributed by atoms with Gasteiger partial charge < -0.3 is 20.7 Å². The average molecular weight is 307 g/mol. The molecule has 120 valence electrons. The number of aliphatic hydroxyl groups is 1. The van der Waals surface area contributed by atoms with E-state index in [0.717, 1.165) is 18.2 Å². The molecule has 21 heavy (non-hydrogen) atoms. The van der Waals surface area contributed by atoms with Gasteiger partial charge in [-0.3, -0.25) is 0 Å². The molecule has 1 rings (SSSR count). The van der Waals surface area contributed by atoms with Crippen LogP contribution in [0.25, 0.3) is 0 Å². The standard InChI is InChI=1S/C14H20F3NO3/c1-8(2)3-5-12(20)13(18)10-7-9(4-6-11(10)19)21-14(15,16)17/h4,6-8,12-13,19-20H,3,5,18H2,1-2H3/t12-,13+/m0/s1. The minimum absolute atomic E-state index is 0.0213. The van der Waals surface area contributed by atoms with Crippen LogP contribution < -0.4 is 10.5 Å². The summed E-state index contributed by atoms with van der Waals surface area (Å²) < 4.78 is 40.3. The second kappa shape index (κ2) is 7.00. The molecule has 0 fully saturated rings. The highest BCUT2D eigenvalue weighted by atomic mass is 19.4. The molecule has 7 heteroatoms. The maximum atomic E-state index is 12.2. The van der Waals surface area contributed by atoms with Gasteiger partial charge in [-0.05, 0) is 37.0 Å². The maximum Gasteiger partial charge on any atom is 0.573 e. The minimum Gasteiger partial charge on any atom is -0.508 e. The van der Waals surface area contributed by atoms with Crippen LogP contribution in [0, 0.1) is 5.92 Å². The van der Waals surface area contributed by atoms with E-state index < -0.39 is 24.3 Å². The lowest BCUT2D eigenvalue weighted by atomic mass is 9.95. The summed E-state index contributed by atoms with van der Waals surface area (Å²) in [5.74, 6) is -0.400. The molecular weight excluding hydrogens is 287 g/mol. The predicted molar refractivity (Wildman–Crippen MR) is 71.8 cm³/mol. The van der Waals surface area contributed by atoms with Gasteiger partial charge >= 0.3 is 6.36 Å². The average Bonchev–Trinajstić information content (AvgIpc) is 2.35. The highest BCUT2D eigenvalue weighted by molar-refractivity contribution is 5.41. The van der Waals surface area contributed by atoms with Crippen LogP contribution in [0.1, 0.15) is 38.3 Å². The van der Waals surface area contributed by atoms with Crippen LogP contribution in [-0.4, -0.2) is 22.7 Å². The molecular formula is C14H20F3NO3. The first-order chi connectivity index (χ1) is 9.60. The van der Waals surface area contributed by atoms with Gasteiger partial charge in [0.05, 0.1) is 12.1 Å². The molecule has 4 N–H and O–H groups in total. The van der Waals surface area contributed by atoms with E-state index in [0.29, 0.717) is 18.8 Å². The summed E-state index contributed by atoms with van der Waals surface area (Å²) in [7, 11) is 0. The topological polar surface area (TPSA) is 75.7 Å². The summed E-state index contributed by atoms with van der Waals surface area (Å²) in [5.41, 5.74) is 5.83. The lowest BCUT2D eigenvalue weighted by Crippen LogP contribution is -2.27. The fourth-order valence-corrected chi connectivity index (χ4v) is 1.89. The summed E-state index contributed by atoms with van der Waals surface area (Å²) in [6.45, 7) is 3.96. The lowest BCUT2D eigenvalue weighted by molar-refractivity contribution is -0.274. The van der Waals surface area contributed by atoms with Gasteiger partial charge in [0.15, 0.2) is 0 Å². The van der Waals surface area contributed by atoms with E-state index in [9.17, 15) is 23.4 Å². The van der Waals surface area contributed by atoms with Crippen molar-refractivity contribution >= 4 is 0 Å². The highest BCUT2D eigenvalue weighted by Crippen LogP contribution is 2.32. The molecule has 1 aromatic rings. The van der Waals surface area contributed by atoms with E-state index in [2.05, 4.69) is 4.74 Å². The number of alkyl halides is 3. The van der Waals surface area contributed by atoms with Crippen molar-refractivity contribution < 1.29 is 28.1 Å². The van der Waals surface area contributed by atoms with E-state index in [1.807, 2.05) is 13.8 Å². The molecule has 0 radical (unpaired) electrons. The molecule has 0 spiro atoms. The van der Waals surface area contributed by atoms with Gasteiger partial charge in [0, 0.05) is 5.56 Å². The summed E-state index contributed by atoms with van der Waals surface area (Å²) in [6.07, 6.45) is -4.68. The molecule has 1 aromatic carbocycles. The van der Waals surface area contributed by atoms with Crippen LogP contribution in [0.4, 0.5) is 13.2 Å². The Hall–Kier alpha value is -1.47. The molecule has 0 aliphatic rings. The normalized spacial score (nSPS) is 15.0. The molecule has 4 nitrogen and oxygen atoms in total. The molecule has 0 saturated heterocycles. The van der Waals surface area contributed by atoms with Gasteiger partial charge in [-0.25, -0.2) is 0 Å². The number of hydrogen-bond donors (Lipinski definition) is 3. The number of aliphatic hydroxyl groups excluding tert-OH is 1. The summed E-state index contributed by atoms with van der Waals surface area (Å²) in [5, 5.41) is 19.7. The second-order valence-electron chi connectivity index (χ2n) is 5.33. The largest absolute Gasteiger partial charge is 0.573 e. The first kappa shape index (κ1) is 17.6. The smallest absolute Gasteiger partial charge is 0.508 e. The number of halogens is 3. The molecule has 0 aromatic heterocycles. The third-order valence-electron chi connectivity index (χ3n) is 3.05. The zero-order chi connectivity index (χ0) is 16.2. The number of benzene rings is 1. The highest BCUT2D eigenvalue weighted by Gasteiger charge is 2.31. The lowest BCUT2D eigenvalue weighted by Gasteiger charge is -2.21. The molecule has 2 atom stereocenters. The number of ether oxygens (including phenoxy) is 1. The zero-order valence-corrected chi connectivity index (χ0v) is 11.9. The monoisotopic (exact) mass is 307 g/mol. The Labute approximate surface area is 121 Å². The van der Waals surface area contributed by atoms with Gasteiger partial charge in [0.2, 0.25) is 0 Å². The van der Waals surface area contributed by atoms with Gasteiger partial charge in [-0.1, -0.05) is 13.8 Å². The van der Waals surface area contributed by atoms with E-state index in [-0.39, 0.29) is 11.3 Å². The van der Waals surface area contributed by atoms with Gasteiger partial charge in [0.1, 0.15) is 11.5 Å². The molecule has 0 saturated carbocycles. The van der Waals surface area contributed by atoms with Crippen molar-refractivity contribution in [2.24, 2.45) is 11.7 Å². The molecule has 0 unspecified atom stereocenters. The molecule has 0 aliphatic heterocycles. The van der Waals surface area contributed by atoms with Crippen molar-refractivity contribution in [1.82, 2.24) is 0 Å². The van der Waals surface area contributed by atoms with Crippen LogP contribution in [0.5, 0.6) is 11.5 Å². The van der Waals surface area contributed by atoms with Gasteiger partial charge in [-0.2, -0.15) is 0 Å². The van der Waals surface area contributed by atoms with Crippen LogP contribution >= 0.6 is 0 Å². The van der Waals surface area contributed by atoms with Gasteiger partial charge in [-0.15, -0.1) is 13.2 Å². The van der Waals surface area contributed by atoms with Crippen LogP contribution in [0.3, 0.4) is 0 Å².